The second kappa shape index (κ2) is 5.92. The van der Waals surface area contributed by atoms with Gasteiger partial charge in [0.15, 0.2) is 0 Å². The Kier molecular flexibility index (Phi) is 4.87. The molecule has 0 amide bonds. The number of likely N-dealkylation sites (N-methyl/N-ethyl adjacent to an activating group) is 1. The first kappa shape index (κ1) is 15.6. The van der Waals surface area contributed by atoms with Crippen molar-refractivity contribution in [2.45, 2.75) is 45.2 Å². The number of thioether (sulfide) groups is 1. The second-order valence-corrected chi connectivity index (χ2v) is 8.19. The Morgan fingerprint density at radius 1 is 1.32 bits per heavy atom. The zero-order valence-electron chi connectivity index (χ0n) is 13.1. The van der Waals surface area contributed by atoms with Crippen molar-refractivity contribution in [2.75, 3.05) is 44.7 Å². The highest BCUT2D eigenvalue weighted by Gasteiger charge is 2.51. The van der Waals surface area contributed by atoms with Crippen molar-refractivity contribution < 1.29 is 0 Å². The van der Waals surface area contributed by atoms with Gasteiger partial charge in [-0.1, -0.05) is 13.8 Å². The SMILES string of the molecule is CC1CN(C)CCCN1C1(CN)CSCCC1(C)C. The molecule has 2 unspecified atom stereocenters. The minimum atomic E-state index is 0.181. The van der Waals surface area contributed by atoms with E-state index in [4.69, 9.17) is 5.73 Å². The Morgan fingerprint density at radius 3 is 2.68 bits per heavy atom. The summed E-state index contributed by atoms with van der Waals surface area (Å²) in [5, 5.41) is 0. The van der Waals surface area contributed by atoms with Crippen LogP contribution in [0, 0.1) is 5.41 Å². The average molecular weight is 286 g/mol. The van der Waals surface area contributed by atoms with Crippen LogP contribution < -0.4 is 5.73 Å². The molecule has 2 saturated heterocycles. The number of hydrogen-bond donors (Lipinski definition) is 1. The predicted molar refractivity (Wildman–Crippen MR) is 85.8 cm³/mol. The summed E-state index contributed by atoms with van der Waals surface area (Å²) < 4.78 is 0. The van der Waals surface area contributed by atoms with Crippen LogP contribution in [-0.4, -0.2) is 66.1 Å². The molecule has 2 N–H and O–H groups in total. The zero-order valence-corrected chi connectivity index (χ0v) is 13.9. The van der Waals surface area contributed by atoms with E-state index >= 15 is 0 Å². The van der Waals surface area contributed by atoms with Crippen molar-refractivity contribution in [1.29, 1.82) is 0 Å². The van der Waals surface area contributed by atoms with Crippen molar-refractivity contribution in [3.63, 3.8) is 0 Å². The largest absolute Gasteiger partial charge is 0.329 e. The van der Waals surface area contributed by atoms with E-state index in [0.717, 1.165) is 6.54 Å². The predicted octanol–water partition coefficient (Wildman–Crippen LogP) is 1.87. The van der Waals surface area contributed by atoms with Crippen LogP contribution in [0.2, 0.25) is 0 Å². The van der Waals surface area contributed by atoms with Crippen molar-refractivity contribution in [1.82, 2.24) is 9.80 Å². The smallest absolute Gasteiger partial charge is 0.0476 e. The summed E-state index contributed by atoms with van der Waals surface area (Å²) in [6, 6.07) is 0.606. The van der Waals surface area contributed by atoms with E-state index in [1.165, 1.54) is 44.0 Å². The fraction of sp³-hybridized carbons (Fsp3) is 1.00. The molecule has 0 radical (unpaired) electrons. The van der Waals surface area contributed by atoms with Crippen LogP contribution in [-0.2, 0) is 0 Å². The number of nitrogens with zero attached hydrogens (tertiary/aromatic N) is 2. The van der Waals surface area contributed by atoms with Crippen molar-refractivity contribution in [3.05, 3.63) is 0 Å². The van der Waals surface area contributed by atoms with Gasteiger partial charge in [-0.15, -0.1) is 0 Å². The van der Waals surface area contributed by atoms with E-state index in [1.54, 1.807) is 0 Å². The fourth-order valence-electron chi connectivity index (χ4n) is 3.93. The molecule has 112 valence electrons. The fourth-order valence-corrected chi connectivity index (χ4v) is 5.74. The van der Waals surface area contributed by atoms with Gasteiger partial charge in [-0.25, -0.2) is 0 Å². The van der Waals surface area contributed by atoms with Crippen LogP contribution in [0.25, 0.3) is 0 Å². The quantitative estimate of drug-likeness (QED) is 0.839. The summed E-state index contributed by atoms with van der Waals surface area (Å²) in [6.45, 7) is 11.6. The lowest BCUT2D eigenvalue weighted by atomic mass is 9.69. The van der Waals surface area contributed by atoms with Crippen LogP contribution in [0.15, 0.2) is 0 Å². The van der Waals surface area contributed by atoms with Crippen LogP contribution in [0.4, 0.5) is 0 Å². The second-order valence-electron chi connectivity index (χ2n) is 7.08. The minimum absolute atomic E-state index is 0.181. The molecule has 2 rings (SSSR count). The lowest BCUT2D eigenvalue weighted by Gasteiger charge is -2.57. The summed E-state index contributed by atoms with van der Waals surface area (Å²) in [5.41, 5.74) is 6.83. The van der Waals surface area contributed by atoms with Gasteiger partial charge in [-0.2, -0.15) is 11.8 Å². The van der Waals surface area contributed by atoms with Crippen molar-refractivity contribution >= 4 is 11.8 Å². The third kappa shape index (κ3) is 2.82. The Bertz CT molecular complexity index is 308. The van der Waals surface area contributed by atoms with Gasteiger partial charge in [-0.3, -0.25) is 4.90 Å². The van der Waals surface area contributed by atoms with Crippen LogP contribution in [0.1, 0.15) is 33.6 Å². The van der Waals surface area contributed by atoms with Gasteiger partial charge in [0.25, 0.3) is 0 Å². The molecule has 4 heteroatoms. The molecule has 2 heterocycles. The maximum absolute atomic E-state index is 6.32. The normalized spacial score (nSPS) is 38.1. The van der Waals surface area contributed by atoms with Crippen molar-refractivity contribution in [2.24, 2.45) is 11.1 Å². The molecule has 0 aromatic rings. The summed E-state index contributed by atoms with van der Waals surface area (Å²) >= 11 is 2.10. The van der Waals surface area contributed by atoms with Gasteiger partial charge in [0.2, 0.25) is 0 Å². The number of hydrogen-bond acceptors (Lipinski definition) is 4. The minimum Gasteiger partial charge on any atom is -0.329 e. The van der Waals surface area contributed by atoms with E-state index in [-0.39, 0.29) is 5.54 Å². The lowest BCUT2D eigenvalue weighted by Crippen LogP contribution is -2.68. The molecular weight excluding hydrogens is 254 g/mol. The van der Waals surface area contributed by atoms with Crippen LogP contribution >= 0.6 is 11.8 Å². The molecule has 2 aliphatic heterocycles. The summed E-state index contributed by atoms with van der Waals surface area (Å²) in [4.78, 5) is 5.22. The van der Waals surface area contributed by atoms with Gasteiger partial charge in [-0.05, 0) is 44.5 Å². The van der Waals surface area contributed by atoms with Gasteiger partial charge in [0.05, 0.1) is 0 Å². The Labute approximate surface area is 123 Å². The number of nitrogens with two attached hydrogens (primary N) is 1. The van der Waals surface area contributed by atoms with E-state index in [1.807, 2.05) is 0 Å². The molecule has 0 spiro atoms. The monoisotopic (exact) mass is 285 g/mol. The Morgan fingerprint density at radius 2 is 2.05 bits per heavy atom. The standard InChI is InChI=1S/C15H31N3S/c1-13-10-17(4)7-5-8-18(13)15(11-16)12-19-9-6-14(15,2)3/h13H,5-12,16H2,1-4H3. The van der Waals surface area contributed by atoms with E-state index in [0.29, 0.717) is 11.5 Å². The first-order valence-electron chi connectivity index (χ1n) is 7.66. The molecule has 2 atom stereocenters. The summed E-state index contributed by atoms with van der Waals surface area (Å²) in [6.07, 6.45) is 2.55. The van der Waals surface area contributed by atoms with E-state index in [9.17, 15) is 0 Å². The van der Waals surface area contributed by atoms with Crippen LogP contribution in [0.3, 0.4) is 0 Å². The van der Waals surface area contributed by atoms with Crippen molar-refractivity contribution in [3.8, 4) is 0 Å². The third-order valence-electron chi connectivity index (χ3n) is 5.41. The maximum Gasteiger partial charge on any atom is 0.0476 e. The third-order valence-corrected chi connectivity index (χ3v) is 6.58. The highest BCUT2D eigenvalue weighted by atomic mass is 32.2. The first-order chi connectivity index (χ1) is 8.93. The molecular formula is C15H31N3S. The molecule has 2 fully saturated rings. The van der Waals surface area contributed by atoms with Gasteiger partial charge >= 0.3 is 0 Å². The Hall–Kier alpha value is 0.230. The zero-order chi connectivity index (χ0) is 14.1. The molecule has 0 aliphatic carbocycles. The topological polar surface area (TPSA) is 32.5 Å². The molecule has 0 saturated carbocycles. The maximum atomic E-state index is 6.32. The van der Waals surface area contributed by atoms with E-state index in [2.05, 4.69) is 49.4 Å². The first-order valence-corrected chi connectivity index (χ1v) is 8.81. The highest BCUT2D eigenvalue weighted by Crippen LogP contribution is 2.46. The van der Waals surface area contributed by atoms with Gasteiger partial charge in [0, 0.05) is 37.0 Å². The summed E-state index contributed by atoms with van der Waals surface area (Å²) in [5.74, 6) is 2.49. The highest BCUT2D eigenvalue weighted by molar-refractivity contribution is 7.99. The molecule has 0 aromatic heterocycles. The molecule has 3 nitrogen and oxygen atoms in total. The van der Waals surface area contributed by atoms with Crippen LogP contribution in [0.5, 0.6) is 0 Å². The van der Waals surface area contributed by atoms with Gasteiger partial charge in [0.1, 0.15) is 0 Å². The number of rotatable bonds is 2. The van der Waals surface area contributed by atoms with Gasteiger partial charge < -0.3 is 10.6 Å². The molecule has 19 heavy (non-hydrogen) atoms. The molecule has 0 bridgehead atoms. The Balaban J connectivity index is 2.28. The molecule has 2 aliphatic rings. The molecule has 0 aromatic carbocycles. The van der Waals surface area contributed by atoms with E-state index < -0.39 is 0 Å². The lowest BCUT2D eigenvalue weighted by molar-refractivity contribution is -0.0214. The average Bonchev–Trinajstić information content (AvgIpc) is 2.51. The summed E-state index contributed by atoms with van der Waals surface area (Å²) in [7, 11) is 2.25.